The van der Waals surface area contributed by atoms with Crippen molar-refractivity contribution in [3.8, 4) is 0 Å². The third-order valence-corrected chi connectivity index (χ3v) is 5.11. The van der Waals surface area contributed by atoms with Crippen LogP contribution in [0.2, 0.25) is 0 Å². The number of sulfonamides is 1. The van der Waals surface area contributed by atoms with E-state index >= 15 is 0 Å². The average molecular weight is 337 g/mol. The second-order valence-electron chi connectivity index (χ2n) is 5.70. The molecule has 0 atom stereocenters. The molecule has 2 rings (SSSR count). The molecule has 124 valence electrons. The van der Waals surface area contributed by atoms with Crippen molar-refractivity contribution in [3.05, 3.63) is 36.2 Å². The molecule has 0 saturated heterocycles. The van der Waals surface area contributed by atoms with Crippen LogP contribution in [0, 0.1) is 0 Å². The van der Waals surface area contributed by atoms with Gasteiger partial charge in [-0.2, -0.15) is 0 Å². The summed E-state index contributed by atoms with van der Waals surface area (Å²) in [4.78, 5) is 15.8. The first-order valence-corrected chi connectivity index (χ1v) is 8.40. The first-order chi connectivity index (χ1) is 10.7. The summed E-state index contributed by atoms with van der Waals surface area (Å²) in [6.45, 7) is 3.53. The largest absolute Gasteiger partial charge is 0.464 e. The summed E-state index contributed by atoms with van der Waals surface area (Å²) in [6.07, 6.45) is 1.38. The molecule has 0 unspecified atom stereocenters. The van der Waals surface area contributed by atoms with Gasteiger partial charge in [-0.15, -0.1) is 0 Å². The Morgan fingerprint density at radius 2 is 2.00 bits per heavy atom. The maximum absolute atomic E-state index is 12.7. The van der Waals surface area contributed by atoms with Gasteiger partial charge >= 0.3 is 5.97 Å². The SMILES string of the molecule is COC(=O)c1nccc2c(S(=O)(=O)NC(C)(C)CN)cccc12. The van der Waals surface area contributed by atoms with Gasteiger partial charge in [-0.3, -0.25) is 0 Å². The van der Waals surface area contributed by atoms with Crippen molar-refractivity contribution in [1.29, 1.82) is 0 Å². The molecule has 0 bridgehead atoms. The molecule has 0 spiro atoms. The summed E-state index contributed by atoms with van der Waals surface area (Å²) in [5, 5.41) is 0.802. The highest BCUT2D eigenvalue weighted by Crippen LogP contribution is 2.25. The van der Waals surface area contributed by atoms with Crippen LogP contribution in [-0.2, 0) is 14.8 Å². The Labute approximate surface area is 134 Å². The molecule has 2 aromatic rings. The van der Waals surface area contributed by atoms with E-state index in [2.05, 4.69) is 14.4 Å². The fraction of sp³-hybridized carbons (Fsp3) is 0.333. The van der Waals surface area contributed by atoms with Crippen LogP contribution in [0.25, 0.3) is 10.8 Å². The van der Waals surface area contributed by atoms with Crippen molar-refractivity contribution in [2.24, 2.45) is 5.73 Å². The summed E-state index contributed by atoms with van der Waals surface area (Å²) in [7, 11) is -2.57. The van der Waals surface area contributed by atoms with Gasteiger partial charge in [0.25, 0.3) is 0 Å². The smallest absolute Gasteiger partial charge is 0.357 e. The van der Waals surface area contributed by atoms with Crippen molar-refractivity contribution < 1.29 is 17.9 Å². The number of fused-ring (bicyclic) bond motifs is 1. The highest BCUT2D eigenvalue weighted by Gasteiger charge is 2.27. The molecule has 1 aromatic carbocycles. The maximum Gasteiger partial charge on any atom is 0.357 e. The standard InChI is InChI=1S/C15H19N3O4S/c1-15(2,9-16)18-23(20,21)12-6-4-5-11-10(12)7-8-17-13(11)14(19)22-3/h4-8,18H,9,16H2,1-3H3. The Kier molecular flexibility index (Phi) is 4.69. The molecule has 8 heteroatoms. The Hall–Kier alpha value is -2.03. The van der Waals surface area contributed by atoms with E-state index in [1.807, 2.05) is 0 Å². The zero-order valence-corrected chi connectivity index (χ0v) is 14.0. The van der Waals surface area contributed by atoms with Crippen LogP contribution < -0.4 is 10.5 Å². The predicted octanol–water partition coefficient (Wildman–Crippen LogP) is 1.04. The number of ether oxygens (including phenoxy) is 1. The zero-order valence-electron chi connectivity index (χ0n) is 13.2. The number of nitrogens with two attached hydrogens (primary N) is 1. The van der Waals surface area contributed by atoms with Crippen LogP contribution in [0.3, 0.4) is 0 Å². The van der Waals surface area contributed by atoms with E-state index in [4.69, 9.17) is 5.73 Å². The lowest BCUT2D eigenvalue weighted by Crippen LogP contribution is -2.48. The van der Waals surface area contributed by atoms with Crippen LogP contribution in [0.15, 0.2) is 35.4 Å². The third kappa shape index (κ3) is 3.49. The molecule has 3 N–H and O–H groups in total. The molecule has 0 aliphatic rings. The Bertz CT molecular complexity index is 847. The topological polar surface area (TPSA) is 111 Å². The quantitative estimate of drug-likeness (QED) is 0.789. The number of aromatic nitrogens is 1. The third-order valence-electron chi connectivity index (χ3n) is 3.36. The van der Waals surface area contributed by atoms with E-state index in [-0.39, 0.29) is 17.1 Å². The van der Waals surface area contributed by atoms with E-state index in [9.17, 15) is 13.2 Å². The summed E-state index contributed by atoms with van der Waals surface area (Å²) >= 11 is 0. The number of benzene rings is 1. The summed E-state index contributed by atoms with van der Waals surface area (Å²) in [6, 6.07) is 6.20. The molecule has 0 radical (unpaired) electrons. The lowest BCUT2D eigenvalue weighted by molar-refractivity contribution is 0.0596. The monoisotopic (exact) mass is 337 g/mol. The molecule has 23 heavy (non-hydrogen) atoms. The van der Waals surface area contributed by atoms with Gasteiger partial charge < -0.3 is 10.5 Å². The zero-order chi connectivity index (χ0) is 17.3. The molecule has 0 amide bonds. The Morgan fingerprint density at radius 1 is 1.30 bits per heavy atom. The highest BCUT2D eigenvalue weighted by molar-refractivity contribution is 7.89. The minimum absolute atomic E-state index is 0.0593. The lowest BCUT2D eigenvalue weighted by Gasteiger charge is -2.24. The number of nitrogens with one attached hydrogen (secondary N) is 1. The first-order valence-electron chi connectivity index (χ1n) is 6.92. The van der Waals surface area contributed by atoms with Crippen molar-refractivity contribution in [2.75, 3.05) is 13.7 Å². The molecular formula is C15H19N3O4S. The van der Waals surface area contributed by atoms with Gasteiger partial charge in [-0.1, -0.05) is 12.1 Å². The van der Waals surface area contributed by atoms with Crippen molar-refractivity contribution in [3.63, 3.8) is 0 Å². The second-order valence-corrected chi connectivity index (χ2v) is 7.35. The molecular weight excluding hydrogens is 318 g/mol. The van der Waals surface area contributed by atoms with Crippen molar-refractivity contribution in [2.45, 2.75) is 24.3 Å². The fourth-order valence-electron chi connectivity index (χ4n) is 2.13. The van der Waals surface area contributed by atoms with Gasteiger partial charge in [-0.05, 0) is 26.0 Å². The number of esters is 1. The lowest BCUT2D eigenvalue weighted by atomic mass is 10.1. The summed E-state index contributed by atoms with van der Waals surface area (Å²) < 4.78 is 32.6. The van der Waals surface area contributed by atoms with Crippen LogP contribution >= 0.6 is 0 Å². The fourth-order valence-corrected chi connectivity index (χ4v) is 3.78. The van der Waals surface area contributed by atoms with Gasteiger partial charge in [0.05, 0.1) is 12.0 Å². The van der Waals surface area contributed by atoms with E-state index < -0.39 is 21.5 Å². The van der Waals surface area contributed by atoms with Crippen LogP contribution in [0.1, 0.15) is 24.3 Å². The number of hydrogen-bond donors (Lipinski definition) is 2. The first kappa shape index (κ1) is 17.3. The Balaban J connectivity index is 2.66. The number of nitrogens with zero attached hydrogens (tertiary/aromatic N) is 1. The van der Waals surface area contributed by atoms with Gasteiger partial charge in [0, 0.05) is 29.1 Å². The average Bonchev–Trinajstić information content (AvgIpc) is 2.52. The molecule has 1 aromatic heterocycles. The molecule has 0 aliphatic carbocycles. The van der Waals surface area contributed by atoms with Gasteiger partial charge in [0.1, 0.15) is 0 Å². The van der Waals surface area contributed by atoms with Crippen LogP contribution in [-0.4, -0.2) is 38.6 Å². The van der Waals surface area contributed by atoms with E-state index in [1.54, 1.807) is 32.0 Å². The molecule has 7 nitrogen and oxygen atoms in total. The number of rotatable bonds is 5. The molecule has 0 saturated carbocycles. The minimum Gasteiger partial charge on any atom is -0.464 e. The van der Waals surface area contributed by atoms with E-state index in [0.717, 1.165) is 0 Å². The molecule has 0 fully saturated rings. The number of hydrogen-bond acceptors (Lipinski definition) is 6. The summed E-state index contributed by atoms with van der Waals surface area (Å²) in [5.41, 5.74) is 4.87. The Morgan fingerprint density at radius 3 is 2.61 bits per heavy atom. The number of carbonyl (C=O) groups is 1. The number of carbonyl (C=O) groups excluding carboxylic acids is 1. The minimum atomic E-state index is -3.82. The predicted molar refractivity (Wildman–Crippen MR) is 86.5 cm³/mol. The highest BCUT2D eigenvalue weighted by atomic mass is 32.2. The maximum atomic E-state index is 12.7. The van der Waals surface area contributed by atoms with Crippen LogP contribution in [0.5, 0.6) is 0 Å². The van der Waals surface area contributed by atoms with Crippen molar-refractivity contribution >= 4 is 26.8 Å². The van der Waals surface area contributed by atoms with Gasteiger partial charge in [0.15, 0.2) is 5.69 Å². The van der Waals surface area contributed by atoms with Crippen LogP contribution in [0.4, 0.5) is 0 Å². The van der Waals surface area contributed by atoms with E-state index in [1.165, 1.54) is 19.4 Å². The number of pyridine rings is 1. The summed E-state index contributed by atoms with van der Waals surface area (Å²) in [5.74, 6) is -0.625. The molecule has 0 aliphatic heterocycles. The van der Waals surface area contributed by atoms with Gasteiger partial charge in [-0.25, -0.2) is 22.9 Å². The van der Waals surface area contributed by atoms with E-state index in [0.29, 0.717) is 10.8 Å². The van der Waals surface area contributed by atoms with Crippen molar-refractivity contribution in [1.82, 2.24) is 9.71 Å². The second kappa shape index (κ2) is 6.23. The number of methoxy groups -OCH3 is 1. The van der Waals surface area contributed by atoms with Gasteiger partial charge in [0.2, 0.25) is 10.0 Å². The molecule has 1 heterocycles. The normalized spacial score (nSPS) is 12.3.